The van der Waals surface area contributed by atoms with Gasteiger partial charge in [0.05, 0.1) is 31.6 Å². The highest BCUT2D eigenvalue weighted by molar-refractivity contribution is 7.86. The van der Waals surface area contributed by atoms with E-state index in [9.17, 15) is 4.21 Å². The lowest BCUT2D eigenvalue weighted by Crippen LogP contribution is -2.00. The Kier molecular flexibility index (Phi) is 7.83. The number of fused-ring (bicyclic) bond motifs is 6. The van der Waals surface area contributed by atoms with Crippen LogP contribution in [0.25, 0.3) is 95.0 Å². The van der Waals surface area contributed by atoms with Crippen molar-refractivity contribution < 1.29 is 4.21 Å². The van der Waals surface area contributed by atoms with Crippen LogP contribution in [0.15, 0.2) is 204 Å². The van der Waals surface area contributed by atoms with Gasteiger partial charge in [0.15, 0.2) is 17.5 Å². The molecule has 0 saturated carbocycles. The molecule has 8 aromatic carbocycles. The number of para-hydroxylation sites is 1. The first-order valence-corrected chi connectivity index (χ1v) is 20.1. The molecule has 0 N–H and O–H groups in total. The average Bonchev–Trinajstić information content (AvgIpc) is 3.78. The van der Waals surface area contributed by atoms with E-state index >= 15 is 0 Å². The Morgan fingerprint density at radius 3 is 1.63 bits per heavy atom. The highest BCUT2D eigenvalue weighted by Crippen LogP contribution is 2.45. The zero-order valence-corrected chi connectivity index (χ0v) is 31.4. The molecule has 2 aromatic heterocycles. The summed E-state index contributed by atoms with van der Waals surface area (Å²) in [5.41, 5.74) is 12.5. The smallest absolute Gasteiger partial charge is 0.164 e. The summed E-state index contributed by atoms with van der Waals surface area (Å²) >= 11 is 0. The van der Waals surface area contributed by atoms with Crippen molar-refractivity contribution in [2.24, 2.45) is 0 Å². The molecule has 5 nitrogen and oxygen atoms in total. The highest BCUT2D eigenvalue weighted by Gasteiger charge is 2.28. The van der Waals surface area contributed by atoms with E-state index < -0.39 is 10.8 Å². The maximum Gasteiger partial charge on any atom is 0.164 e. The molecule has 0 radical (unpaired) electrons. The largest absolute Gasteiger partial charge is 0.309 e. The van der Waals surface area contributed by atoms with E-state index in [1.807, 2.05) is 78.9 Å². The third-order valence-electron chi connectivity index (χ3n) is 10.8. The second kappa shape index (κ2) is 13.5. The molecule has 1 unspecified atom stereocenters. The predicted molar refractivity (Wildman–Crippen MR) is 231 cm³/mol. The summed E-state index contributed by atoms with van der Waals surface area (Å²) in [6, 6.07) is 66.8. The van der Waals surface area contributed by atoms with Gasteiger partial charge < -0.3 is 4.57 Å². The third kappa shape index (κ3) is 5.61. The van der Waals surface area contributed by atoms with Gasteiger partial charge in [-0.3, -0.25) is 0 Å². The van der Waals surface area contributed by atoms with Crippen LogP contribution < -0.4 is 0 Å². The first-order chi connectivity index (χ1) is 28.2. The molecule has 6 heteroatoms. The Balaban J connectivity index is 0.976. The van der Waals surface area contributed by atoms with Gasteiger partial charge in [0, 0.05) is 38.7 Å². The van der Waals surface area contributed by atoms with Gasteiger partial charge in [-0.05, 0) is 64.2 Å². The van der Waals surface area contributed by atoms with E-state index in [1.54, 1.807) is 0 Å². The van der Waals surface area contributed by atoms with E-state index in [0.717, 1.165) is 76.6 Å². The number of nitrogens with zero attached hydrogens (tertiary/aromatic N) is 4. The fraction of sp³-hybridized carbons (Fsp3) is 0. The number of hydrogen-bond donors (Lipinski definition) is 0. The Morgan fingerprint density at radius 1 is 0.368 bits per heavy atom. The Bertz CT molecular complexity index is 3130. The van der Waals surface area contributed by atoms with Crippen LogP contribution in [0.2, 0.25) is 0 Å². The van der Waals surface area contributed by atoms with Crippen LogP contribution in [0.5, 0.6) is 0 Å². The van der Waals surface area contributed by atoms with E-state index in [4.69, 9.17) is 15.0 Å². The number of hydrogen-bond acceptors (Lipinski definition) is 4. The third-order valence-corrected chi connectivity index (χ3v) is 12.4. The van der Waals surface area contributed by atoms with Crippen molar-refractivity contribution in [3.63, 3.8) is 0 Å². The second-order valence-corrected chi connectivity index (χ2v) is 15.6. The van der Waals surface area contributed by atoms with E-state index in [1.165, 1.54) is 10.8 Å². The van der Waals surface area contributed by atoms with Gasteiger partial charge in [0.2, 0.25) is 0 Å². The summed E-state index contributed by atoms with van der Waals surface area (Å²) in [6.45, 7) is 0. The minimum absolute atomic E-state index is 0.631. The molecular weight excluding hydrogens is 717 g/mol. The van der Waals surface area contributed by atoms with Crippen LogP contribution in [-0.4, -0.2) is 23.7 Å². The van der Waals surface area contributed by atoms with Crippen molar-refractivity contribution in [1.82, 2.24) is 19.5 Å². The Hall–Kier alpha value is -7.28. The first kappa shape index (κ1) is 33.1. The van der Waals surface area contributed by atoms with E-state index in [2.05, 4.69) is 120 Å². The lowest BCUT2D eigenvalue weighted by Gasteiger charge is -2.13. The average molecular weight is 749 g/mol. The topological polar surface area (TPSA) is 60.7 Å². The molecule has 10 aromatic rings. The molecule has 268 valence electrons. The molecule has 0 saturated heterocycles. The molecule has 0 fully saturated rings. The summed E-state index contributed by atoms with van der Waals surface area (Å²) in [5, 5.41) is 2.35. The van der Waals surface area contributed by atoms with Crippen LogP contribution in [0.3, 0.4) is 0 Å². The van der Waals surface area contributed by atoms with Crippen molar-refractivity contribution in [2.45, 2.75) is 9.79 Å². The van der Waals surface area contributed by atoms with Crippen LogP contribution in [-0.2, 0) is 10.8 Å². The fourth-order valence-corrected chi connectivity index (χ4v) is 9.69. The number of aromatic nitrogens is 4. The zero-order valence-electron chi connectivity index (χ0n) is 30.6. The lowest BCUT2D eigenvalue weighted by molar-refractivity contribution is 0.685. The minimum Gasteiger partial charge on any atom is -0.309 e. The van der Waals surface area contributed by atoms with Gasteiger partial charge in [-0.1, -0.05) is 158 Å². The summed E-state index contributed by atoms with van der Waals surface area (Å²) < 4.78 is 16.2. The van der Waals surface area contributed by atoms with Gasteiger partial charge in [0.1, 0.15) is 0 Å². The van der Waals surface area contributed by atoms with Crippen molar-refractivity contribution in [3.05, 3.63) is 194 Å². The Labute approximate surface area is 332 Å². The van der Waals surface area contributed by atoms with Crippen molar-refractivity contribution >= 4 is 32.6 Å². The van der Waals surface area contributed by atoms with Crippen LogP contribution in [0, 0.1) is 0 Å². The molecule has 3 heterocycles. The zero-order chi connectivity index (χ0) is 37.9. The minimum atomic E-state index is -1.24. The molecular formula is C51H32N4OS. The summed E-state index contributed by atoms with van der Waals surface area (Å²) in [5.74, 6) is 1.92. The number of rotatable bonds is 6. The quantitative estimate of drug-likeness (QED) is 0.170. The molecule has 1 aliphatic rings. The lowest BCUT2D eigenvalue weighted by atomic mass is 9.99. The maximum atomic E-state index is 13.8. The van der Waals surface area contributed by atoms with Crippen LogP contribution in [0.4, 0.5) is 0 Å². The SMILES string of the molecule is O=S1c2ccccc2-c2cccc(-c3cccc(-n4c5ccccc5c5cc(-c6ccc(-c7nc(-c8ccccc8)nc(-c8ccccc8)n7)cc6)ccc54)c3)c21. The first-order valence-electron chi connectivity index (χ1n) is 18.9. The van der Waals surface area contributed by atoms with Crippen LogP contribution >= 0.6 is 0 Å². The van der Waals surface area contributed by atoms with Crippen molar-refractivity contribution in [2.75, 3.05) is 0 Å². The van der Waals surface area contributed by atoms with Gasteiger partial charge in [-0.15, -0.1) is 0 Å². The second-order valence-electron chi connectivity index (χ2n) is 14.2. The molecule has 0 amide bonds. The Morgan fingerprint density at radius 2 is 0.895 bits per heavy atom. The van der Waals surface area contributed by atoms with Gasteiger partial charge in [-0.25, -0.2) is 19.2 Å². The highest BCUT2D eigenvalue weighted by atomic mass is 32.2. The van der Waals surface area contributed by atoms with E-state index in [-0.39, 0.29) is 0 Å². The normalized spacial score (nSPS) is 13.2. The maximum absolute atomic E-state index is 13.8. The monoisotopic (exact) mass is 748 g/mol. The summed E-state index contributed by atoms with van der Waals surface area (Å²) in [4.78, 5) is 16.5. The molecule has 1 aliphatic heterocycles. The summed E-state index contributed by atoms with van der Waals surface area (Å²) in [6.07, 6.45) is 0. The fourth-order valence-electron chi connectivity index (χ4n) is 8.13. The van der Waals surface area contributed by atoms with E-state index in [0.29, 0.717) is 17.5 Å². The molecule has 11 rings (SSSR count). The van der Waals surface area contributed by atoms with Gasteiger partial charge in [0.25, 0.3) is 0 Å². The molecule has 0 aliphatic carbocycles. The van der Waals surface area contributed by atoms with Crippen molar-refractivity contribution in [3.8, 4) is 73.2 Å². The van der Waals surface area contributed by atoms with Gasteiger partial charge >= 0.3 is 0 Å². The standard InChI is InChI=1S/C51H32N4OS/c56-57-47-24-10-8-20-42(47)43-22-12-21-40(48(43)57)38-17-11-18-39(31-38)55-45-23-9-7-19-41(45)44-32-37(29-30-46(44)55)33-25-27-36(28-26-33)51-53-49(34-13-3-1-4-14-34)52-50(54-51)35-15-5-2-6-16-35/h1-32H. The van der Waals surface area contributed by atoms with Crippen molar-refractivity contribution in [1.29, 1.82) is 0 Å². The molecule has 1 atom stereocenters. The molecule has 57 heavy (non-hydrogen) atoms. The molecule has 0 bridgehead atoms. The number of benzene rings is 8. The predicted octanol–water partition coefficient (Wildman–Crippen LogP) is 12.5. The van der Waals surface area contributed by atoms with Crippen LogP contribution in [0.1, 0.15) is 0 Å². The molecule has 0 spiro atoms. The van der Waals surface area contributed by atoms with Gasteiger partial charge in [-0.2, -0.15) is 0 Å². The summed E-state index contributed by atoms with van der Waals surface area (Å²) in [7, 11) is -1.24.